The van der Waals surface area contributed by atoms with Gasteiger partial charge < -0.3 is 0 Å². The molecule has 56 valence electrons. The minimum atomic E-state index is -0.285. The van der Waals surface area contributed by atoms with Gasteiger partial charge in [0.2, 0.25) is 0 Å². The molecule has 0 aromatic heterocycles. The molecule has 0 bridgehead atoms. The van der Waals surface area contributed by atoms with E-state index in [0.717, 1.165) is 12.8 Å². The minimum absolute atomic E-state index is 0.190. The molecule has 0 radical (unpaired) electrons. The highest BCUT2D eigenvalue weighted by atomic mass is 16.2. The molecule has 0 atom stereocenters. The van der Waals surface area contributed by atoms with E-state index in [1.165, 1.54) is 13.3 Å². The van der Waals surface area contributed by atoms with E-state index in [1.807, 2.05) is 0 Å². The van der Waals surface area contributed by atoms with E-state index in [2.05, 4.69) is 0 Å². The third kappa shape index (κ3) is 1.66. The quantitative estimate of drug-likeness (QED) is 0.554. The molecule has 0 aliphatic heterocycles. The first-order valence-corrected chi connectivity index (χ1v) is 3.74. The van der Waals surface area contributed by atoms with E-state index >= 15 is 0 Å². The predicted octanol–water partition coefficient (Wildman–Crippen LogP) is 1.33. The molecule has 0 N–H and O–H groups in total. The van der Waals surface area contributed by atoms with Gasteiger partial charge in [0.25, 0.3) is 0 Å². The Bertz CT molecular complexity index is 157. The number of carbonyl (C=O) groups is 2. The Hall–Kier alpha value is -0.660. The topological polar surface area (TPSA) is 34.1 Å². The highest BCUT2D eigenvalue weighted by Gasteiger charge is 2.21. The standard InChI is InChI=1S/C8H12O2/c1-6(9)8(10)5-7-3-2-4-7/h7H,2-5H2,1H3. The molecule has 10 heavy (non-hydrogen) atoms. The Morgan fingerprint density at radius 3 is 2.30 bits per heavy atom. The van der Waals surface area contributed by atoms with Gasteiger partial charge in [0.05, 0.1) is 0 Å². The first-order valence-electron chi connectivity index (χ1n) is 3.74. The molecule has 1 aliphatic carbocycles. The lowest BCUT2D eigenvalue weighted by atomic mass is 9.81. The van der Waals surface area contributed by atoms with Crippen LogP contribution in [0.5, 0.6) is 0 Å². The maximum Gasteiger partial charge on any atom is 0.198 e. The molecular weight excluding hydrogens is 128 g/mol. The van der Waals surface area contributed by atoms with Crippen LogP contribution < -0.4 is 0 Å². The molecule has 0 amide bonds. The van der Waals surface area contributed by atoms with Gasteiger partial charge in [-0.25, -0.2) is 0 Å². The normalized spacial score (nSPS) is 18.1. The van der Waals surface area contributed by atoms with Crippen LogP contribution in [0, 0.1) is 5.92 Å². The van der Waals surface area contributed by atoms with Crippen LogP contribution in [0.15, 0.2) is 0 Å². The second kappa shape index (κ2) is 2.95. The summed E-state index contributed by atoms with van der Waals surface area (Å²) in [5.41, 5.74) is 0. The molecule has 1 fully saturated rings. The Labute approximate surface area is 60.6 Å². The van der Waals surface area contributed by atoms with Gasteiger partial charge in [-0.15, -0.1) is 0 Å². The number of ketones is 2. The van der Waals surface area contributed by atoms with Crippen LogP contribution in [0.25, 0.3) is 0 Å². The van der Waals surface area contributed by atoms with Crippen molar-refractivity contribution in [3.63, 3.8) is 0 Å². The summed E-state index contributed by atoms with van der Waals surface area (Å²) in [6, 6.07) is 0. The largest absolute Gasteiger partial charge is 0.291 e. The van der Waals surface area contributed by atoms with Crippen molar-refractivity contribution in [2.24, 2.45) is 5.92 Å². The van der Waals surface area contributed by atoms with Gasteiger partial charge in [0.15, 0.2) is 11.6 Å². The number of hydrogen-bond acceptors (Lipinski definition) is 2. The molecule has 2 nitrogen and oxygen atoms in total. The number of rotatable bonds is 3. The van der Waals surface area contributed by atoms with Crippen LogP contribution in [0.3, 0.4) is 0 Å². The average Bonchev–Trinajstić information content (AvgIpc) is 1.77. The minimum Gasteiger partial charge on any atom is -0.291 e. The highest BCUT2D eigenvalue weighted by molar-refractivity contribution is 6.36. The van der Waals surface area contributed by atoms with E-state index in [1.54, 1.807) is 0 Å². The average molecular weight is 140 g/mol. The third-order valence-corrected chi connectivity index (χ3v) is 2.09. The van der Waals surface area contributed by atoms with Gasteiger partial charge in [0.1, 0.15) is 0 Å². The van der Waals surface area contributed by atoms with Crippen LogP contribution in [-0.2, 0) is 9.59 Å². The fourth-order valence-electron chi connectivity index (χ4n) is 1.10. The summed E-state index contributed by atoms with van der Waals surface area (Å²) < 4.78 is 0. The summed E-state index contributed by atoms with van der Waals surface area (Å²) in [5.74, 6) is 0.0491. The smallest absolute Gasteiger partial charge is 0.198 e. The Kier molecular flexibility index (Phi) is 2.20. The van der Waals surface area contributed by atoms with Crippen molar-refractivity contribution in [2.75, 3.05) is 0 Å². The van der Waals surface area contributed by atoms with Gasteiger partial charge in [-0.3, -0.25) is 9.59 Å². The highest BCUT2D eigenvalue weighted by Crippen LogP contribution is 2.29. The predicted molar refractivity (Wildman–Crippen MR) is 37.6 cm³/mol. The lowest BCUT2D eigenvalue weighted by Crippen LogP contribution is -2.19. The number of Topliss-reactive ketones (excluding diaryl/α,β-unsaturated/α-hetero) is 2. The van der Waals surface area contributed by atoms with Crippen LogP contribution in [-0.4, -0.2) is 11.6 Å². The first-order chi connectivity index (χ1) is 4.70. The summed E-state index contributed by atoms with van der Waals surface area (Å²) in [6.07, 6.45) is 4.00. The Morgan fingerprint density at radius 1 is 1.40 bits per heavy atom. The summed E-state index contributed by atoms with van der Waals surface area (Å²) in [4.78, 5) is 21.3. The zero-order valence-corrected chi connectivity index (χ0v) is 6.22. The van der Waals surface area contributed by atoms with Crippen molar-refractivity contribution in [1.29, 1.82) is 0 Å². The molecule has 1 rings (SSSR count). The molecule has 0 spiro atoms. The molecular formula is C8H12O2. The van der Waals surface area contributed by atoms with E-state index < -0.39 is 0 Å². The molecule has 0 aromatic rings. The summed E-state index contributed by atoms with van der Waals surface area (Å²) in [7, 11) is 0. The van der Waals surface area contributed by atoms with Crippen molar-refractivity contribution in [1.82, 2.24) is 0 Å². The first kappa shape index (κ1) is 7.45. The Balaban J connectivity index is 2.23. The zero-order valence-electron chi connectivity index (χ0n) is 6.22. The van der Waals surface area contributed by atoms with Gasteiger partial charge in [-0.2, -0.15) is 0 Å². The van der Waals surface area contributed by atoms with E-state index in [0.29, 0.717) is 12.3 Å². The molecule has 1 aliphatic rings. The van der Waals surface area contributed by atoms with Crippen molar-refractivity contribution in [2.45, 2.75) is 32.6 Å². The van der Waals surface area contributed by atoms with Crippen LogP contribution in [0.2, 0.25) is 0 Å². The Morgan fingerprint density at radius 2 is 2.00 bits per heavy atom. The number of carbonyl (C=O) groups excluding carboxylic acids is 2. The maximum atomic E-state index is 10.8. The zero-order chi connectivity index (χ0) is 7.56. The van der Waals surface area contributed by atoms with Crippen molar-refractivity contribution < 1.29 is 9.59 Å². The van der Waals surface area contributed by atoms with Crippen molar-refractivity contribution >= 4 is 11.6 Å². The van der Waals surface area contributed by atoms with E-state index in [4.69, 9.17) is 0 Å². The summed E-state index contributed by atoms with van der Waals surface area (Å²) in [6.45, 7) is 1.35. The summed E-state index contributed by atoms with van der Waals surface area (Å²) in [5, 5.41) is 0. The molecule has 2 heteroatoms. The lowest BCUT2D eigenvalue weighted by molar-refractivity contribution is -0.136. The monoisotopic (exact) mass is 140 g/mol. The fraction of sp³-hybridized carbons (Fsp3) is 0.750. The molecule has 1 saturated carbocycles. The summed E-state index contributed by atoms with van der Waals surface area (Å²) >= 11 is 0. The second-order valence-electron chi connectivity index (χ2n) is 2.98. The van der Waals surface area contributed by atoms with Gasteiger partial charge >= 0.3 is 0 Å². The van der Waals surface area contributed by atoms with Crippen LogP contribution in [0.4, 0.5) is 0 Å². The number of hydrogen-bond donors (Lipinski definition) is 0. The lowest BCUT2D eigenvalue weighted by Gasteiger charge is -2.23. The molecule has 0 aromatic carbocycles. The van der Waals surface area contributed by atoms with E-state index in [9.17, 15) is 9.59 Å². The van der Waals surface area contributed by atoms with Crippen molar-refractivity contribution in [3.8, 4) is 0 Å². The van der Waals surface area contributed by atoms with Crippen LogP contribution in [0.1, 0.15) is 32.6 Å². The fourth-order valence-corrected chi connectivity index (χ4v) is 1.10. The van der Waals surface area contributed by atoms with Crippen LogP contribution >= 0.6 is 0 Å². The molecule has 0 heterocycles. The van der Waals surface area contributed by atoms with E-state index in [-0.39, 0.29) is 11.6 Å². The van der Waals surface area contributed by atoms with Gasteiger partial charge in [0, 0.05) is 13.3 Å². The second-order valence-corrected chi connectivity index (χ2v) is 2.98. The van der Waals surface area contributed by atoms with Gasteiger partial charge in [-0.05, 0) is 18.8 Å². The SMILES string of the molecule is CC(=O)C(=O)CC1CCC1. The molecule has 0 saturated heterocycles. The maximum absolute atomic E-state index is 10.8. The van der Waals surface area contributed by atoms with Crippen molar-refractivity contribution in [3.05, 3.63) is 0 Å². The van der Waals surface area contributed by atoms with Gasteiger partial charge in [-0.1, -0.05) is 6.42 Å². The molecule has 0 unspecified atom stereocenters. The third-order valence-electron chi connectivity index (χ3n) is 2.09.